The Hall–Kier alpha value is -0.980. The lowest BCUT2D eigenvalue weighted by molar-refractivity contribution is 0.0225. The summed E-state index contributed by atoms with van der Waals surface area (Å²) < 4.78 is 5.50. The lowest BCUT2D eigenvalue weighted by Crippen LogP contribution is -2.48. The number of rotatable bonds is 6. The number of hydrogen-bond donors (Lipinski definition) is 1. The van der Waals surface area contributed by atoms with Crippen molar-refractivity contribution < 1.29 is 9.52 Å². The summed E-state index contributed by atoms with van der Waals surface area (Å²) in [6.45, 7) is 14.6. The standard InChI is InChI=1S/C17H32N4O2/c1-13-6-8-20(9-7-13)10-15(22)11-21(17(3,4)5)12-16-19-18-14(2)23-16/h13,15,22H,6-12H2,1-5H3. The minimum atomic E-state index is -0.369. The number of aromatic nitrogens is 2. The predicted octanol–water partition coefficient (Wildman–Crippen LogP) is 2.07. The maximum atomic E-state index is 10.5. The van der Waals surface area contributed by atoms with Gasteiger partial charge in [0.15, 0.2) is 0 Å². The van der Waals surface area contributed by atoms with E-state index in [1.54, 1.807) is 6.92 Å². The van der Waals surface area contributed by atoms with Crippen molar-refractivity contribution in [2.75, 3.05) is 26.2 Å². The highest BCUT2D eigenvalue weighted by atomic mass is 16.4. The van der Waals surface area contributed by atoms with Gasteiger partial charge in [0.05, 0.1) is 12.6 Å². The van der Waals surface area contributed by atoms with Crippen LogP contribution < -0.4 is 0 Å². The molecule has 6 nitrogen and oxygen atoms in total. The quantitative estimate of drug-likeness (QED) is 0.864. The van der Waals surface area contributed by atoms with Gasteiger partial charge < -0.3 is 14.4 Å². The Morgan fingerprint density at radius 2 is 1.96 bits per heavy atom. The van der Waals surface area contributed by atoms with Crippen LogP contribution in [-0.2, 0) is 6.54 Å². The maximum Gasteiger partial charge on any atom is 0.230 e. The highest BCUT2D eigenvalue weighted by molar-refractivity contribution is 4.86. The van der Waals surface area contributed by atoms with Crippen LogP contribution in [0.2, 0.25) is 0 Å². The molecule has 0 spiro atoms. The van der Waals surface area contributed by atoms with Crippen LogP contribution in [0.25, 0.3) is 0 Å². The molecule has 1 aliphatic heterocycles. The highest BCUT2D eigenvalue weighted by Gasteiger charge is 2.27. The van der Waals surface area contributed by atoms with Crippen LogP contribution in [0, 0.1) is 12.8 Å². The summed E-state index contributed by atoms with van der Waals surface area (Å²) in [4.78, 5) is 4.58. The summed E-state index contributed by atoms with van der Waals surface area (Å²) in [5.41, 5.74) is -0.0697. The minimum Gasteiger partial charge on any atom is -0.424 e. The molecule has 0 saturated carbocycles. The molecule has 1 aromatic rings. The molecule has 1 fully saturated rings. The number of β-amino-alcohol motifs (C(OH)–C–C–N with tert-alkyl or cyclic N) is 1. The first kappa shape index (κ1) is 18.4. The van der Waals surface area contributed by atoms with E-state index in [1.807, 2.05) is 0 Å². The number of nitrogens with zero attached hydrogens (tertiary/aromatic N) is 4. The van der Waals surface area contributed by atoms with E-state index in [1.165, 1.54) is 12.8 Å². The zero-order valence-corrected chi connectivity index (χ0v) is 15.2. The van der Waals surface area contributed by atoms with Crippen LogP contribution >= 0.6 is 0 Å². The van der Waals surface area contributed by atoms with E-state index >= 15 is 0 Å². The summed E-state index contributed by atoms with van der Waals surface area (Å²) in [6, 6.07) is 0. The van der Waals surface area contributed by atoms with E-state index in [2.05, 4.69) is 47.7 Å². The van der Waals surface area contributed by atoms with Gasteiger partial charge in [-0.2, -0.15) is 0 Å². The molecular formula is C17H32N4O2. The van der Waals surface area contributed by atoms with Crippen molar-refractivity contribution in [1.29, 1.82) is 0 Å². The largest absolute Gasteiger partial charge is 0.424 e. The first-order valence-electron chi connectivity index (χ1n) is 8.68. The molecular weight excluding hydrogens is 292 g/mol. The maximum absolute atomic E-state index is 10.5. The van der Waals surface area contributed by atoms with Crippen molar-refractivity contribution in [3.8, 4) is 0 Å². The van der Waals surface area contributed by atoms with Gasteiger partial charge in [-0.05, 0) is 52.6 Å². The van der Waals surface area contributed by atoms with Crippen molar-refractivity contribution >= 4 is 0 Å². The van der Waals surface area contributed by atoms with E-state index in [9.17, 15) is 5.11 Å². The fraction of sp³-hybridized carbons (Fsp3) is 0.882. The summed E-state index contributed by atoms with van der Waals surface area (Å²) in [6.07, 6.45) is 2.10. The molecule has 1 saturated heterocycles. The SMILES string of the molecule is Cc1nnc(CN(CC(O)CN2CCC(C)CC2)C(C)(C)C)o1. The topological polar surface area (TPSA) is 65.6 Å². The van der Waals surface area contributed by atoms with Gasteiger partial charge >= 0.3 is 0 Å². The Kier molecular flexibility index (Phi) is 6.17. The second-order valence-electron chi connectivity index (χ2n) is 7.90. The fourth-order valence-corrected chi connectivity index (χ4v) is 3.00. The first-order chi connectivity index (χ1) is 10.7. The third kappa shape index (κ3) is 5.86. The zero-order chi connectivity index (χ0) is 17.0. The van der Waals surface area contributed by atoms with Gasteiger partial charge in [0.1, 0.15) is 0 Å². The van der Waals surface area contributed by atoms with Gasteiger partial charge in [0.2, 0.25) is 11.8 Å². The molecule has 1 aromatic heterocycles. The molecule has 0 radical (unpaired) electrons. The Bertz CT molecular complexity index is 475. The molecule has 6 heteroatoms. The predicted molar refractivity (Wildman–Crippen MR) is 90.0 cm³/mol. The molecule has 0 aromatic carbocycles. The second kappa shape index (κ2) is 7.73. The normalized spacial score (nSPS) is 19.4. The first-order valence-corrected chi connectivity index (χ1v) is 8.68. The van der Waals surface area contributed by atoms with Gasteiger partial charge in [-0.1, -0.05) is 6.92 Å². The van der Waals surface area contributed by atoms with E-state index in [0.29, 0.717) is 24.9 Å². The van der Waals surface area contributed by atoms with Crippen molar-refractivity contribution in [3.63, 3.8) is 0 Å². The molecule has 23 heavy (non-hydrogen) atoms. The molecule has 1 aliphatic rings. The Morgan fingerprint density at radius 1 is 1.30 bits per heavy atom. The summed E-state index contributed by atoms with van der Waals surface area (Å²) in [7, 11) is 0. The van der Waals surface area contributed by atoms with E-state index in [4.69, 9.17) is 4.42 Å². The molecule has 0 bridgehead atoms. The summed E-state index contributed by atoms with van der Waals surface area (Å²) in [5.74, 6) is 2.00. The lowest BCUT2D eigenvalue weighted by atomic mass is 9.99. The number of aliphatic hydroxyl groups is 1. The molecule has 132 valence electrons. The van der Waals surface area contributed by atoms with E-state index < -0.39 is 0 Å². The van der Waals surface area contributed by atoms with Crippen molar-refractivity contribution in [1.82, 2.24) is 20.0 Å². The number of aryl methyl sites for hydroxylation is 1. The van der Waals surface area contributed by atoms with Crippen molar-refractivity contribution in [2.24, 2.45) is 5.92 Å². The van der Waals surface area contributed by atoms with E-state index in [0.717, 1.165) is 25.6 Å². The van der Waals surface area contributed by atoms with Gasteiger partial charge in [-0.15, -0.1) is 10.2 Å². The molecule has 1 atom stereocenters. The van der Waals surface area contributed by atoms with Crippen molar-refractivity contribution in [3.05, 3.63) is 11.8 Å². The monoisotopic (exact) mass is 324 g/mol. The van der Waals surface area contributed by atoms with E-state index in [-0.39, 0.29) is 11.6 Å². The van der Waals surface area contributed by atoms with Crippen LogP contribution in [0.3, 0.4) is 0 Å². The third-order valence-electron chi connectivity index (χ3n) is 4.62. The molecule has 0 aliphatic carbocycles. The molecule has 1 N–H and O–H groups in total. The average Bonchev–Trinajstić information content (AvgIpc) is 2.85. The number of likely N-dealkylation sites (tertiary alicyclic amines) is 1. The second-order valence-corrected chi connectivity index (χ2v) is 7.90. The molecule has 2 rings (SSSR count). The minimum absolute atomic E-state index is 0.0697. The highest BCUT2D eigenvalue weighted by Crippen LogP contribution is 2.19. The van der Waals surface area contributed by atoms with Gasteiger partial charge in [0.25, 0.3) is 0 Å². The number of piperidine rings is 1. The van der Waals surface area contributed by atoms with Gasteiger partial charge in [0, 0.05) is 25.6 Å². The average molecular weight is 324 g/mol. The molecule has 1 unspecified atom stereocenters. The van der Waals surface area contributed by atoms with Gasteiger partial charge in [-0.25, -0.2) is 0 Å². The lowest BCUT2D eigenvalue weighted by Gasteiger charge is -2.38. The zero-order valence-electron chi connectivity index (χ0n) is 15.2. The summed E-state index contributed by atoms with van der Waals surface area (Å²) in [5, 5.41) is 18.5. The molecule has 2 heterocycles. The number of hydrogen-bond acceptors (Lipinski definition) is 6. The smallest absolute Gasteiger partial charge is 0.230 e. The van der Waals surface area contributed by atoms with Crippen LogP contribution in [0.5, 0.6) is 0 Å². The number of aliphatic hydroxyl groups excluding tert-OH is 1. The Labute approximate surface area is 139 Å². The van der Waals surface area contributed by atoms with Gasteiger partial charge in [-0.3, -0.25) is 4.90 Å². The molecule has 0 amide bonds. The summed E-state index contributed by atoms with van der Waals surface area (Å²) >= 11 is 0. The van der Waals surface area contributed by atoms with Crippen molar-refractivity contribution in [2.45, 2.75) is 65.6 Å². The van der Waals surface area contributed by atoms with Crippen LogP contribution in [0.1, 0.15) is 52.3 Å². The Balaban J connectivity index is 1.89. The fourth-order valence-electron chi connectivity index (χ4n) is 3.00. The van der Waals surface area contributed by atoms with Crippen LogP contribution in [-0.4, -0.2) is 62.9 Å². The third-order valence-corrected chi connectivity index (χ3v) is 4.62. The van der Waals surface area contributed by atoms with Crippen LogP contribution in [0.15, 0.2) is 4.42 Å². The van der Waals surface area contributed by atoms with Crippen LogP contribution in [0.4, 0.5) is 0 Å². The Morgan fingerprint density at radius 3 is 2.48 bits per heavy atom.